The molecule has 1 heterocycles. The molecular weight excluding hydrogens is 672 g/mol. The third-order valence-electron chi connectivity index (χ3n) is 6.67. The van der Waals surface area contributed by atoms with Crippen LogP contribution in [0.4, 0.5) is 5.69 Å². The van der Waals surface area contributed by atoms with E-state index < -0.39 is 22.8 Å². The third-order valence-corrected chi connectivity index (χ3v) is 8.20. The summed E-state index contributed by atoms with van der Waals surface area (Å²) in [5.74, 6) is -2.06. The fraction of sp³-hybridized carbons (Fsp3) is 0.118. The minimum absolute atomic E-state index is 0.00183. The zero-order valence-electron chi connectivity index (χ0n) is 24.9. The number of allylic oxidation sites excluding steroid dienone is 4. The largest absolute Gasteiger partial charge is 0.489 e. The summed E-state index contributed by atoms with van der Waals surface area (Å²) in [5.41, 5.74) is 1.69. The zero-order chi connectivity index (χ0) is 33.2. The highest BCUT2D eigenvalue weighted by molar-refractivity contribution is 9.10. The molecule has 0 aliphatic carbocycles. The van der Waals surface area contributed by atoms with E-state index in [0.717, 1.165) is 22.9 Å². The summed E-state index contributed by atoms with van der Waals surface area (Å²) in [6, 6.07) is 21.3. The molecule has 0 bridgehead atoms. The summed E-state index contributed by atoms with van der Waals surface area (Å²) >= 11 is 4.18. The van der Waals surface area contributed by atoms with E-state index in [1.165, 1.54) is 36.3 Å². The number of thioether (sulfide) groups is 1. The van der Waals surface area contributed by atoms with Crippen molar-refractivity contribution in [2.45, 2.75) is 13.0 Å². The topological polar surface area (TPSA) is 131 Å². The van der Waals surface area contributed by atoms with Crippen molar-refractivity contribution < 1.29 is 24.0 Å². The van der Waals surface area contributed by atoms with Crippen LogP contribution in [0.15, 0.2) is 124 Å². The molecule has 4 rings (SSSR count). The second kappa shape index (κ2) is 15.8. The molecular formula is C34H29BrN4O6S. The van der Waals surface area contributed by atoms with Crippen molar-refractivity contribution in [2.24, 2.45) is 4.99 Å². The van der Waals surface area contributed by atoms with Crippen LogP contribution in [-0.4, -0.2) is 45.6 Å². The Morgan fingerprint density at radius 3 is 2.30 bits per heavy atom. The van der Waals surface area contributed by atoms with Crippen molar-refractivity contribution in [1.29, 1.82) is 0 Å². The van der Waals surface area contributed by atoms with E-state index in [1.807, 2.05) is 60.7 Å². The van der Waals surface area contributed by atoms with Gasteiger partial charge in [0.25, 0.3) is 11.8 Å². The minimum Gasteiger partial charge on any atom is -0.489 e. The molecule has 10 nitrogen and oxygen atoms in total. The van der Waals surface area contributed by atoms with E-state index in [2.05, 4.69) is 32.8 Å². The molecule has 12 heteroatoms. The van der Waals surface area contributed by atoms with Crippen molar-refractivity contribution in [3.8, 4) is 5.75 Å². The highest BCUT2D eigenvalue weighted by Gasteiger charge is 2.35. The number of amidine groups is 1. The molecule has 234 valence electrons. The van der Waals surface area contributed by atoms with E-state index in [4.69, 9.17) is 4.74 Å². The maximum Gasteiger partial charge on any atom is 0.312 e. The number of hydrogen-bond donors (Lipinski definition) is 1. The van der Waals surface area contributed by atoms with Gasteiger partial charge in [0, 0.05) is 11.8 Å². The Labute approximate surface area is 278 Å². The molecule has 0 atom stereocenters. The average molecular weight is 702 g/mol. The number of nitrogens with zero attached hydrogens (tertiary/aromatic N) is 3. The Balaban J connectivity index is 1.66. The third kappa shape index (κ3) is 7.95. The number of hydrogen-bond acceptors (Lipinski definition) is 7. The van der Waals surface area contributed by atoms with Crippen molar-refractivity contribution in [2.75, 3.05) is 12.9 Å². The number of nitro groups is 1. The number of ether oxygens (including phenoxy) is 1. The summed E-state index contributed by atoms with van der Waals surface area (Å²) < 4.78 is 5.39. The summed E-state index contributed by atoms with van der Waals surface area (Å²) in [5, 5.41) is 14.7. The lowest BCUT2D eigenvalue weighted by molar-refractivity contribution is -0.385. The lowest BCUT2D eigenvalue weighted by atomic mass is 9.99. The Kier molecular flexibility index (Phi) is 11.6. The van der Waals surface area contributed by atoms with Crippen LogP contribution in [-0.2, 0) is 14.4 Å². The SMILES string of the molecule is C=C/C=C\C(=C/C)N1C(=O)/C(=C/c2cc(Br)c(OC)c([N+](=O)[O-])c2)C(=O)N=C1SCC(=O)NC(c1ccccc1)c1ccccc1. The van der Waals surface area contributed by atoms with Crippen molar-refractivity contribution in [3.05, 3.63) is 146 Å². The van der Waals surface area contributed by atoms with Gasteiger partial charge in [-0.2, -0.15) is 4.99 Å². The number of methoxy groups -OCH3 is 1. The number of aliphatic imine (C=N–C) groups is 1. The molecule has 1 aliphatic heterocycles. The summed E-state index contributed by atoms with van der Waals surface area (Å²) in [4.78, 5) is 56.9. The van der Waals surface area contributed by atoms with Gasteiger partial charge in [-0.05, 0) is 57.8 Å². The van der Waals surface area contributed by atoms with Gasteiger partial charge in [0.2, 0.25) is 11.7 Å². The monoisotopic (exact) mass is 700 g/mol. The molecule has 0 aromatic heterocycles. The predicted octanol–water partition coefficient (Wildman–Crippen LogP) is 6.76. The molecule has 1 aliphatic rings. The first-order valence-corrected chi connectivity index (χ1v) is 15.6. The predicted molar refractivity (Wildman–Crippen MR) is 183 cm³/mol. The Bertz CT molecular complexity index is 1750. The molecule has 3 aromatic rings. The lowest BCUT2D eigenvalue weighted by Crippen LogP contribution is -2.42. The first-order chi connectivity index (χ1) is 22.2. The van der Waals surface area contributed by atoms with E-state index in [1.54, 1.807) is 25.2 Å². The smallest absolute Gasteiger partial charge is 0.312 e. The molecule has 0 radical (unpaired) electrons. The average Bonchev–Trinajstić information content (AvgIpc) is 3.06. The molecule has 3 aromatic carbocycles. The maximum absolute atomic E-state index is 13.9. The summed E-state index contributed by atoms with van der Waals surface area (Å²) in [7, 11) is 1.30. The number of amides is 3. The van der Waals surface area contributed by atoms with Crippen LogP contribution in [0, 0.1) is 10.1 Å². The molecule has 0 fully saturated rings. The van der Waals surface area contributed by atoms with Crippen molar-refractivity contribution in [3.63, 3.8) is 0 Å². The summed E-state index contributed by atoms with van der Waals surface area (Å²) in [6.07, 6.45) is 7.65. The van der Waals surface area contributed by atoms with Gasteiger partial charge in [-0.1, -0.05) is 97.2 Å². The van der Waals surface area contributed by atoms with Gasteiger partial charge in [0.15, 0.2) is 5.17 Å². The first-order valence-electron chi connectivity index (χ1n) is 13.9. The van der Waals surface area contributed by atoms with Crippen LogP contribution in [0.5, 0.6) is 5.75 Å². The van der Waals surface area contributed by atoms with Gasteiger partial charge >= 0.3 is 5.69 Å². The van der Waals surface area contributed by atoms with Crippen LogP contribution in [0.2, 0.25) is 0 Å². The zero-order valence-corrected chi connectivity index (χ0v) is 27.3. The molecule has 46 heavy (non-hydrogen) atoms. The van der Waals surface area contributed by atoms with Gasteiger partial charge in [-0.3, -0.25) is 29.4 Å². The minimum atomic E-state index is -0.853. The Hall–Kier alpha value is -5.07. The number of rotatable bonds is 11. The van der Waals surface area contributed by atoms with Crippen LogP contribution in [0.3, 0.4) is 0 Å². The number of nitrogens with one attached hydrogen (secondary N) is 1. The van der Waals surface area contributed by atoms with E-state index in [9.17, 15) is 24.5 Å². The number of nitro benzene ring substituents is 1. The number of halogens is 1. The Morgan fingerprint density at radius 2 is 1.76 bits per heavy atom. The first kappa shape index (κ1) is 33.8. The normalized spacial score (nSPS) is 14.5. The van der Waals surface area contributed by atoms with Gasteiger partial charge < -0.3 is 10.1 Å². The molecule has 0 unspecified atom stereocenters. The Morgan fingerprint density at radius 1 is 1.13 bits per heavy atom. The van der Waals surface area contributed by atoms with Crippen molar-refractivity contribution in [1.82, 2.24) is 10.2 Å². The highest BCUT2D eigenvalue weighted by Crippen LogP contribution is 2.37. The molecule has 3 amide bonds. The molecule has 0 saturated carbocycles. The van der Waals surface area contributed by atoms with Gasteiger partial charge in [-0.15, -0.1) is 0 Å². The fourth-order valence-corrected chi connectivity index (χ4v) is 6.02. The number of carbonyl (C=O) groups is 3. The van der Waals surface area contributed by atoms with Crippen LogP contribution in [0.1, 0.15) is 29.7 Å². The van der Waals surface area contributed by atoms with Crippen LogP contribution in [0.25, 0.3) is 6.08 Å². The number of benzene rings is 3. The van der Waals surface area contributed by atoms with Crippen molar-refractivity contribution >= 4 is 62.3 Å². The van der Waals surface area contributed by atoms with E-state index in [-0.39, 0.29) is 43.9 Å². The molecule has 1 N–H and O–H groups in total. The van der Waals surface area contributed by atoms with Crippen LogP contribution >= 0.6 is 27.7 Å². The number of carbonyl (C=O) groups excluding carboxylic acids is 3. The van der Waals surface area contributed by atoms with Gasteiger partial charge in [-0.25, -0.2) is 0 Å². The maximum atomic E-state index is 13.9. The second-order valence-electron chi connectivity index (χ2n) is 9.63. The fourth-order valence-electron chi connectivity index (χ4n) is 4.58. The van der Waals surface area contributed by atoms with Gasteiger partial charge in [0.05, 0.1) is 28.3 Å². The second-order valence-corrected chi connectivity index (χ2v) is 11.4. The molecule has 0 saturated heterocycles. The van der Waals surface area contributed by atoms with Crippen LogP contribution < -0.4 is 10.1 Å². The quantitative estimate of drug-likeness (QED) is 0.0769. The standard InChI is InChI=1S/C34H29BrN4O6S/c1-4-6-17-25(5-2)38-33(42)26(18-22-19-27(35)31(45-3)28(20-22)39(43)44)32(41)37-34(38)46-21-29(40)36-30(23-13-9-7-10-14-23)24-15-11-8-12-16-24/h4-20,30H,1,21H2,2-3H3,(H,36,40)/b17-6-,25-5+,26-18+. The lowest BCUT2D eigenvalue weighted by Gasteiger charge is -2.28. The molecule has 0 spiro atoms. The highest BCUT2D eigenvalue weighted by atomic mass is 79.9. The van der Waals surface area contributed by atoms with Gasteiger partial charge in [0.1, 0.15) is 5.57 Å². The van der Waals surface area contributed by atoms with E-state index in [0.29, 0.717) is 5.70 Å². The van der Waals surface area contributed by atoms with E-state index >= 15 is 0 Å². The summed E-state index contributed by atoms with van der Waals surface area (Å²) in [6.45, 7) is 5.38.